The van der Waals surface area contributed by atoms with Crippen LogP contribution in [0.1, 0.15) is 54.4 Å². The Morgan fingerprint density at radius 2 is 1.45 bits per heavy atom. The second-order valence-corrected chi connectivity index (χ2v) is 9.31. The lowest BCUT2D eigenvalue weighted by Crippen LogP contribution is -2.46. The summed E-state index contributed by atoms with van der Waals surface area (Å²) in [4.78, 5) is 0. The zero-order valence-corrected chi connectivity index (χ0v) is 16.3. The Bertz CT molecular complexity index is 251. The van der Waals surface area contributed by atoms with Gasteiger partial charge in [-0.05, 0) is 39.0 Å². The number of rotatable bonds is 13. The zero-order valence-electron chi connectivity index (χ0n) is 15.3. The van der Waals surface area contributed by atoms with Crippen LogP contribution >= 0.6 is 0 Å². The van der Waals surface area contributed by atoms with Crippen LogP contribution < -0.4 is 0 Å². The Morgan fingerprint density at radius 1 is 0.955 bits per heavy atom. The number of hydrogen-bond acceptors (Lipinski definition) is 5. The molecule has 6 heteroatoms. The molecule has 0 radical (unpaired) electrons. The van der Waals surface area contributed by atoms with Crippen LogP contribution in [0.25, 0.3) is 0 Å². The smallest absolute Gasteiger partial charge is 0.391 e. The molecule has 0 spiro atoms. The maximum absolute atomic E-state index is 9.91. The minimum atomic E-state index is -2.55. The Morgan fingerprint density at radius 3 is 1.86 bits per heavy atom. The van der Waals surface area contributed by atoms with Crippen molar-refractivity contribution in [2.45, 2.75) is 66.5 Å². The van der Waals surface area contributed by atoms with Crippen molar-refractivity contribution in [3.8, 4) is 0 Å². The molecule has 1 unspecified atom stereocenters. The largest absolute Gasteiger partial charge is 0.501 e. The summed E-state index contributed by atoms with van der Waals surface area (Å²) < 4.78 is 23.0. The van der Waals surface area contributed by atoms with E-state index in [0.29, 0.717) is 33.0 Å². The monoisotopic (exact) mass is 336 g/mol. The van der Waals surface area contributed by atoms with E-state index in [4.69, 9.17) is 18.0 Å². The standard InChI is InChI=1S/C16H36O5Si/c1-7-19-22(20-8-2,21-9-3)12-10-11-18-14-15(17)13-16(4,5)6/h15,17H,7-14H2,1-6H3. The summed E-state index contributed by atoms with van der Waals surface area (Å²) in [5, 5.41) is 9.91. The van der Waals surface area contributed by atoms with Crippen LogP contribution in [-0.2, 0) is 18.0 Å². The molecule has 22 heavy (non-hydrogen) atoms. The zero-order chi connectivity index (χ0) is 17.1. The molecule has 0 amide bonds. The van der Waals surface area contributed by atoms with Gasteiger partial charge in [0.1, 0.15) is 0 Å². The summed E-state index contributed by atoms with van der Waals surface area (Å²) in [7, 11) is -2.55. The lowest BCUT2D eigenvalue weighted by molar-refractivity contribution is 0.0141. The fraction of sp³-hybridized carbons (Fsp3) is 1.00. The van der Waals surface area contributed by atoms with Gasteiger partial charge in [-0.1, -0.05) is 20.8 Å². The Kier molecular flexibility index (Phi) is 11.5. The van der Waals surface area contributed by atoms with Gasteiger partial charge < -0.3 is 23.1 Å². The van der Waals surface area contributed by atoms with Gasteiger partial charge in [-0.2, -0.15) is 0 Å². The van der Waals surface area contributed by atoms with Crippen LogP contribution in [0.15, 0.2) is 0 Å². The molecule has 0 heterocycles. The first-order chi connectivity index (χ1) is 10.3. The summed E-state index contributed by atoms with van der Waals surface area (Å²) >= 11 is 0. The summed E-state index contributed by atoms with van der Waals surface area (Å²) in [6.45, 7) is 15.0. The molecule has 0 bridgehead atoms. The van der Waals surface area contributed by atoms with Gasteiger partial charge in [-0.15, -0.1) is 0 Å². The quantitative estimate of drug-likeness (QED) is 0.413. The third kappa shape index (κ3) is 10.7. The lowest BCUT2D eigenvalue weighted by Gasteiger charge is -2.28. The predicted molar refractivity (Wildman–Crippen MR) is 91.0 cm³/mol. The molecular weight excluding hydrogens is 300 g/mol. The van der Waals surface area contributed by atoms with E-state index in [1.54, 1.807) is 0 Å². The summed E-state index contributed by atoms with van der Waals surface area (Å²) in [5.74, 6) is 0. The summed E-state index contributed by atoms with van der Waals surface area (Å²) in [5.41, 5.74) is 0.115. The minimum absolute atomic E-state index is 0.115. The number of ether oxygens (including phenoxy) is 1. The lowest BCUT2D eigenvalue weighted by atomic mass is 9.89. The molecule has 0 aliphatic carbocycles. The van der Waals surface area contributed by atoms with Crippen molar-refractivity contribution in [2.24, 2.45) is 5.41 Å². The van der Waals surface area contributed by atoms with Gasteiger partial charge in [-0.25, -0.2) is 0 Å². The van der Waals surface area contributed by atoms with E-state index in [0.717, 1.165) is 18.9 Å². The highest BCUT2D eigenvalue weighted by atomic mass is 28.4. The van der Waals surface area contributed by atoms with Crippen molar-refractivity contribution in [1.82, 2.24) is 0 Å². The SMILES string of the molecule is CCO[Si](CCCOCC(O)CC(C)(C)C)(OCC)OCC. The molecule has 1 atom stereocenters. The molecular formula is C16H36O5Si. The number of aliphatic hydroxyl groups is 1. The van der Waals surface area contributed by atoms with Gasteiger partial charge >= 0.3 is 8.80 Å². The van der Waals surface area contributed by atoms with E-state index in [-0.39, 0.29) is 5.41 Å². The highest BCUT2D eigenvalue weighted by Gasteiger charge is 2.39. The van der Waals surface area contributed by atoms with Crippen molar-refractivity contribution < 1.29 is 23.1 Å². The number of aliphatic hydroxyl groups excluding tert-OH is 1. The third-order valence-corrected chi connectivity index (χ3v) is 6.17. The van der Waals surface area contributed by atoms with Crippen LogP contribution in [0, 0.1) is 5.41 Å². The Balaban J connectivity index is 4.07. The van der Waals surface area contributed by atoms with E-state index >= 15 is 0 Å². The van der Waals surface area contributed by atoms with Crippen molar-refractivity contribution in [1.29, 1.82) is 0 Å². The first-order valence-corrected chi connectivity index (χ1v) is 10.4. The second-order valence-electron chi connectivity index (χ2n) is 6.58. The molecule has 0 saturated heterocycles. The topological polar surface area (TPSA) is 57.2 Å². The average molecular weight is 337 g/mol. The summed E-state index contributed by atoms with van der Waals surface area (Å²) in [6.07, 6.45) is 1.14. The van der Waals surface area contributed by atoms with Crippen LogP contribution in [0.2, 0.25) is 6.04 Å². The molecule has 0 aromatic rings. The van der Waals surface area contributed by atoms with Crippen LogP contribution in [-0.4, -0.2) is 53.0 Å². The van der Waals surface area contributed by atoms with E-state index in [9.17, 15) is 5.11 Å². The van der Waals surface area contributed by atoms with Gasteiger partial charge in [0.2, 0.25) is 0 Å². The van der Waals surface area contributed by atoms with Gasteiger partial charge in [0.25, 0.3) is 0 Å². The molecule has 0 saturated carbocycles. The molecule has 0 aliphatic rings. The third-order valence-electron chi connectivity index (χ3n) is 3.02. The normalized spacial score (nSPS) is 14.3. The average Bonchev–Trinajstić information content (AvgIpc) is 2.37. The maximum atomic E-state index is 9.91. The first kappa shape index (κ1) is 22.0. The van der Waals surface area contributed by atoms with E-state index < -0.39 is 14.9 Å². The molecule has 0 aliphatic heterocycles. The Labute approximate surface area is 137 Å². The molecule has 1 N–H and O–H groups in total. The van der Waals surface area contributed by atoms with E-state index in [1.807, 2.05) is 20.8 Å². The molecule has 0 aromatic carbocycles. The maximum Gasteiger partial charge on any atom is 0.501 e. The van der Waals surface area contributed by atoms with Gasteiger partial charge in [0, 0.05) is 32.5 Å². The molecule has 5 nitrogen and oxygen atoms in total. The highest BCUT2D eigenvalue weighted by molar-refractivity contribution is 6.60. The van der Waals surface area contributed by atoms with Crippen LogP contribution in [0.3, 0.4) is 0 Å². The number of hydrogen-bond donors (Lipinski definition) is 1. The molecule has 0 rings (SSSR count). The highest BCUT2D eigenvalue weighted by Crippen LogP contribution is 2.21. The van der Waals surface area contributed by atoms with Crippen LogP contribution in [0.5, 0.6) is 0 Å². The molecule has 0 fully saturated rings. The van der Waals surface area contributed by atoms with Gasteiger partial charge in [0.05, 0.1) is 12.7 Å². The van der Waals surface area contributed by atoms with Crippen molar-refractivity contribution >= 4 is 8.80 Å². The first-order valence-electron chi connectivity index (χ1n) is 8.46. The van der Waals surface area contributed by atoms with Crippen molar-refractivity contribution in [3.63, 3.8) is 0 Å². The van der Waals surface area contributed by atoms with Gasteiger partial charge in [-0.3, -0.25) is 0 Å². The molecule has 134 valence electrons. The fourth-order valence-corrected chi connectivity index (χ4v) is 4.96. The minimum Gasteiger partial charge on any atom is -0.391 e. The molecule has 0 aromatic heterocycles. The van der Waals surface area contributed by atoms with E-state index in [2.05, 4.69) is 20.8 Å². The second kappa shape index (κ2) is 11.5. The van der Waals surface area contributed by atoms with Crippen LogP contribution in [0.4, 0.5) is 0 Å². The van der Waals surface area contributed by atoms with Gasteiger partial charge in [0.15, 0.2) is 0 Å². The van der Waals surface area contributed by atoms with E-state index in [1.165, 1.54) is 0 Å². The van der Waals surface area contributed by atoms with Crippen molar-refractivity contribution in [2.75, 3.05) is 33.0 Å². The Hall–Kier alpha value is 0.0169. The fourth-order valence-electron chi connectivity index (χ4n) is 2.38. The summed E-state index contributed by atoms with van der Waals surface area (Å²) in [6, 6.07) is 0.748. The van der Waals surface area contributed by atoms with Crippen molar-refractivity contribution in [3.05, 3.63) is 0 Å². The predicted octanol–water partition coefficient (Wildman–Crippen LogP) is 3.24.